The Kier molecular flexibility index (Phi) is 3.92. The van der Waals surface area contributed by atoms with Gasteiger partial charge in [-0.1, -0.05) is 28.1 Å². The second-order valence-electron chi connectivity index (χ2n) is 4.42. The summed E-state index contributed by atoms with van der Waals surface area (Å²) in [6.45, 7) is 4.10. The van der Waals surface area contributed by atoms with E-state index in [1.807, 2.05) is 25.1 Å². The summed E-state index contributed by atoms with van der Waals surface area (Å²) in [5, 5.41) is 12.8. The summed E-state index contributed by atoms with van der Waals surface area (Å²) in [5.41, 5.74) is 3.31. The van der Waals surface area contributed by atoms with Crippen molar-refractivity contribution in [1.29, 1.82) is 0 Å². The second kappa shape index (κ2) is 5.44. The molecule has 2 aromatic rings. The minimum atomic E-state index is 0.223. The number of nitrogens with one attached hydrogen (secondary N) is 1. The number of hydrogen-bond donors (Lipinski definition) is 2. The topological polar surface area (TPSA) is 32.3 Å². The molecule has 0 radical (unpaired) electrons. The molecule has 0 spiro atoms. The van der Waals surface area contributed by atoms with E-state index in [1.54, 1.807) is 12.1 Å². The molecule has 0 bridgehead atoms. The van der Waals surface area contributed by atoms with Crippen LogP contribution in [-0.4, -0.2) is 5.11 Å². The first-order valence-electron chi connectivity index (χ1n) is 5.88. The standard InChI is InChI=1S/C15H16BrNO/c1-10-9-14(18)7-8-15(10)17-11(2)12-3-5-13(16)6-4-12/h3-9,11,17-18H,1-2H3. The number of hydrogen-bond acceptors (Lipinski definition) is 2. The van der Waals surface area contributed by atoms with E-state index in [4.69, 9.17) is 0 Å². The van der Waals surface area contributed by atoms with Crippen LogP contribution in [0.15, 0.2) is 46.9 Å². The highest BCUT2D eigenvalue weighted by molar-refractivity contribution is 9.10. The van der Waals surface area contributed by atoms with E-state index in [1.165, 1.54) is 5.56 Å². The van der Waals surface area contributed by atoms with E-state index in [0.29, 0.717) is 5.75 Å². The smallest absolute Gasteiger partial charge is 0.115 e. The molecule has 2 nitrogen and oxygen atoms in total. The van der Waals surface area contributed by atoms with Crippen LogP contribution in [0.2, 0.25) is 0 Å². The molecule has 0 fully saturated rings. The zero-order chi connectivity index (χ0) is 13.1. The first-order valence-corrected chi connectivity index (χ1v) is 6.67. The Morgan fingerprint density at radius 2 is 1.78 bits per heavy atom. The van der Waals surface area contributed by atoms with Crippen molar-refractivity contribution in [3.8, 4) is 5.75 Å². The predicted octanol–water partition coefficient (Wildman–Crippen LogP) is 4.64. The van der Waals surface area contributed by atoms with Gasteiger partial charge in [-0.15, -0.1) is 0 Å². The summed E-state index contributed by atoms with van der Waals surface area (Å²) in [4.78, 5) is 0. The van der Waals surface area contributed by atoms with Gasteiger partial charge in [0.1, 0.15) is 5.75 Å². The maximum atomic E-state index is 9.39. The van der Waals surface area contributed by atoms with Gasteiger partial charge in [0.2, 0.25) is 0 Å². The first-order chi connectivity index (χ1) is 8.56. The van der Waals surface area contributed by atoms with E-state index < -0.39 is 0 Å². The van der Waals surface area contributed by atoms with Gasteiger partial charge in [-0.3, -0.25) is 0 Å². The molecule has 94 valence electrons. The highest BCUT2D eigenvalue weighted by atomic mass is 79.9. The molecule has 2 N–H and O–H groups in total. The van der Waals surface area contributed by atoms with Gasteiger partial charge >= 0.3 is 0 Å². The van der Waals surface area contributed by atoms with Crippen molar-refractivity contribution in [2.45, 2.75) is 19.9 Å². The maximum Gasteiger partial charge on any atom is 0.115 e. The minimum absolute atomic E-state index is 0.223. The van der Waals surface area contributed by atoms with Crippen molar-refractivity contribution in [2.24, 2.45) is 0 Å². The van der Waals surface area contributed by atoms with Crippen LogP contribution in [0.25, 0.3) is 0 Å². The van der Waals surface area contributed by atoms with Crippen LogP contribution in [0.5, 0.6) is 5.75 Å². The molecule has 3 heteroatoms. The largest absolute Gasteiger partial charge is 0.508 e. The summed E-state index contributed by atoms with van der Waals surface area (Å²) in [7, 11) is 0. The average molecular weight is 306 g/mol. The fourth-order valence-corrected chi connectivity index (χ4v) is 2.14. The number of phenolic OH excluding ortho intramolecular Hbond substituents is 1. The zero-order valence-electron chi connectivity index (χ0n) is 10.4. The van der Waals surface area contributed by atoms with Crippen LogP contribution in [0.4, 0.5) is 5.69 Å². The number of rotatable bonds is 3. The third-order valence-corrected chi connectivity index (χ3v) is 3.48. The molecule has 18 heavy (non-hydrogen) atoms. The van der Waals surface area contributed by atoms with E-state index >= 15 is 0 Å². The number of aromatic hydroxyl groups is 1. The average Bonchev–Trinajstić information content (AvgIpc) is 2.33. The Balaban J connectivity index is 2.15. The summed E-state index contributed by atoms with van der Waals surface area (Å²) >= 11 is 3.43. The van der Waals surface area contributed by atoms with Gasteiger partial charge in [0, 0.05) is 16.2 Å². The van der Waals surface area contributed by atoms with Crippen LogP contribution in [0.3, 0.4) is 0 Å². The van der Waals surface area contributed by atoms with Crippen LogP contribution in [-0.2, 0) is 0 Å². The monoisotopic (exact) mass is 305 g/mol. The lowest BCUT2D eigenvalue weighted by Gasteiger charge is -2.17. The lowest BCUT2D eigenvalue weighted by molar-refractivity contribution is 0.475. The second-order valence-corrected chi connectivity index (χ2v) is 5.33. The molecule has 0 saturated heterocycles. The number of benzene rings is 2. The van der Waals surface area contributed by atoms with Crippen molar-refractivity contribution >= 4 is 21.6 Å². The van der Waals surface area contributed by atoms with Crippen molar-refractivity contribution in [2.75, 3.05) is 5.32 Å². The fourth-order valence-electron chi connectivity index (χ4n) is 1.88. The molecule has 2 aromatic carbocycles. The summed E-state index contributed by atoms with van der Waals surface area (Å²) in [6, 6.07) is 13.9. The van der Waals surface area contributed by atoms with E-state index in [9.17, 15) is 5.11 Å². The molecule has 1 atom stereocenters. The van der Waals surface area contributed by atoms with E-state index in [2.05, 4.69) is 40.3 Å². The third-order valence-electron chi connectivity index (χ3n) is 2.95. The Morgan fingerprint density at radius 3 is 2.39 bits per heavy atom. The molecule has 1 unspecified atom stereocenters. The Labute approximate surface area is 116 Å². The Hall–Kier alpha value is -1.48. The highest BCUT2D eigenvalue weighted by Crippen LogP contribution is 2.25. The zero-order valence-corrected chi connectivity index (χ0v) is 12.0. The molecule has 0 amide bonds. The number of phenols is 1. The lowest BCUT2D eigenvalue weighted by atomic mass is 10.1. The number of halogens is 1. The van der Waals surface area contributed by atoms with Crippen LogP contribution in [0, 0.1) is 6.92 Å². The van der Waals surface area contributed by atoms with Crippen molar-refractivity contribution < 1.29 is 5.11 Å². The molecular weight excluding hydrogens is 290 g/mol. The fraction of sp³-hybridized carbons (Fsp3) is 0.200. The van der Waals surface area contributed by atoms with Gasteiger partial charge in [0.15, 0.2) is 0 Å². The van der Waals surface area contributed by atoms with Crippen molar-refractivity contribution in [3.63, 3.8) is 0 Å². The van der Waals surface area contributed by atoms with Gasteiger partial charge in [-0.2, -0.15) is 0 Å². The number of aryl methyl sites for hydroxylation is 1. The van der Waals surface area contributed by atoms with Crippen molar-refractivity contribution in [1.82, 2.24) is 0 Å². The van der Waals surface area contributed by atoms with Crippen LogP contribution >= 0.6 is 15.9 Å². The third kappa shape index (κ3) is 3.05. The van der Waals surface area contributed by atoms with Gasteiger partial charge < -0.3 is 10.4 Å². The highest BCUT2D eigenvalue weighted by Gasteiger charge is 2.07. The predicted molar refractivity (Wildman–Crippen MR) is 79.0 cm³/mol. The molecule has 0 aliphatic carbocycles. The molecule has 0 saturated carbocycles. The van der Waals surface area contributed by atoms with E-state index in [-0.39, 0.29) is 6.04 Å². The summed E-state index contributed by atoms with van der Waals surface area (Å²) in [5.74, 6) is 0.300. The normalized spacial score (nSPS) is 12.2. The van der Waals surface area contributed by atoms with Crippen LogP contribution < -0.4 is 5.32 Å². The molecule has 0 aromatic heterocycles. The van der Waals surface area contributed by atoms with Gasteiger partial charge in [-0.05, 0) is 55.3 Å². The SMILES string of the molecule is Cc1cc(O)ccc1NC(C)c1ccc(Br)cc1. The minimum Gasteiger partial charge on any atom is -0.508 e. The Bertz CT molecular complexity index is 537. The number of anilines is 1. The van der Waals surface area contributed by atoms with Gasteiger partial charge in [0.25, 0.3) is 0 Å². The molecule has 0 heterocycles. The molecule has 2 rings (SSSR count). The maximum absolute atomic E-state index is 9.39. The van der Waals surface area contributed by atoms with Gasteiger partial charge in [0.05, 0.1) is 0 Å². The molecular formula is C15H16BrNO. The lowest BCUT2D eigenvalue weighted by Crippen LogP contribution is -2.07. The van der Waals surface area contributed by atoms with Crippen molar-refractivity contribution in [3.05, 3.63) is 58.1 Å². The first kappa shape index (κ1) is 13.0. The quantitative estimate of drug-likeness (QED) is 0.810. The summed E-state index contributed by atoms with van der Waals surface area (Å²) < 4.78 is 1.08. The molecule has 0 aliphatic rings. The van der Waals surface area contributed by atoms with E-state index in [0.717, 1.165) is 15.7 Å². The van der Waals surface area contributed by atoms with Crippen LogP contribution in [0.1, 0.15) is 24.1 Å². The van der Waals surface area contributed by atoms with Gasteiger partial charge in [-0.25, -0.2) is 0 Å². The Morgan fingerprint density at radius 1 is 1.11 bits per heavy atom. The molecule has 0 aliphatic heterocycles. The summed E-state index contributed by atoms with van der Waals surface area (Å²) in [6.07, 6.45) is 0.